The van der Waals surface area contributed by atoms with Crippen molar-refractivity contribution in [1.29, 1.82) is 0 Å². The molecule has 2 aromatic rings. The van der Waals surface area contributed by atoms with E-state index >= 15 is 0 Å². The maximum atomic E-state index is 11.1. The molecule has 0 radical (unpaired) electrons. The highest BCUT2D eigenvalue weighted by molar-refractivity contribution is 9.08. The second kappa shape index (κ2) is 6.31. The van der Waals surface area contributed by atoms with Crippen molar-refractivity contribution in [3.63, 3.8) is 0 Å². The first-order valence-corrected chi connectivity index (χ1v) is 6.89. The van der Waals surface area contributed by atoms with Gasteiger partial charge >= 0.3 is 11.4 Å². The molecule has 2 rings (SSSR count). The fourth-order valence-electron chi connectivity index (χ4n) is 1.69. The van der Waals surface area contributed by atoms with Gasteiger partial charge in [-0.25, -0.2) is 0 Å². The molecule has 0 aromatic heterocycles. The summed E-state index contributed by atoms with van der Waals surface area (Å²) in [5, 5.41) is 22.4. The number of nitrogens with zero attached hydrogens (tertiary/aromatic N) is 2. The number of alkyl halides is 1. The van der Waals surface area contributed by atoms with Crippen LogP contribution in [0.2, 0.25) is 0 Å². The van der Waals surface area contributed by atoms with E-state index < -0.39 is 9.85 Å². The van der Waals surface area contributed by atoms with Gasteiger partial charge in [0, 0.05) is 17.5 Å². The summed E-state index contributed by atoms with van der Waals surface area (Å²) >= 11 is 3.21. The Morgan fingerprint density at radius 3 is 2.19 bits per heavy atom. The van der Waals surface area contributed by atoms with Crippen LogP contribution in [0.15, 0.2) is 42.5 Å². The van der Waals surface area contributed by atoms with Gasteiger partial charge in [-0.3, -0.25) is 20.2 Å². The van der Waals surface area contributed by atoms with E-state index in [1.165, 1.54) is 30.3 Å². The van der Waals surface area contributed by atoms with Gasteiger partial charge in [0.15, 0.2) is 0 Å². The van der Waals surface area contributed by atoms with Crippen molar-refractivity contribution >= 4 is 27.3 Å². The zero-order chi connectivity index (χ0) is 15.4. The van der Waals surface area contributed by atoms with E-state index in [0.29, 0.717) is 10.9 Å². The number of hydrogen-bond acceptors (Lipinski definition) is 5. The second-order valence-corrected chi connectivity index (χ2v) is 4.58. The quantitative estimate of drug-likeness (QED) is 0.456. The van der Waals surface area contributed by atoms with Crippen molar-refractivity contribution < 1.29 is 14.6 Å². The molecule has 0 saturated carbocycles. The van der Waals surface area contributed by atoms with Crippen molar-refractivity contribution in [2.24, 2.45) is 0 Å². The van der Waals surface area contributed by atoms with Gasteiger partial charge in [0.2, 0.25) is 11.5 Å². The van der Waals surface area contributed by atoms with Crippen LogP contribution in [-0.2, 0) is 5.33 Å². The number of nitro groups is 2. The molecule has 0 aliphatic heterocycles. The Morgan fingerprint density at radius 1 is 0.952 bits per heavy atom. The molecule has 2 aromatic carbocycles. The van der Waals surface area contributed by atoms with Gasteiger partial charge < -0.3 is 4.74 Å². The van der Waals surface area contributed by atoms with Crippen LogP contribution in [-0.4, -0.2) is 9.85 Å². The van der Waals surface area contributed by atoms with Crippen molar-refractivity contribution in [1.82, 2.24) is 0 Å². The molecule has 0 bridgehead atoms. The van der Waals surface area contributed by atoms with E-state index in [9.17, 15) is 20.2 Å². The highest BCUT2D eigenvalue weighted by Crippen LogP contribution is 2.36. The average molecular weight is 353 g/mol. The van der Waals surface area contributed by atoms with Crippen LogP contribution in [0.25, 0.3) is 0 Å². The standard InChI is InChI=1S/C13H9BrN2O5/c14-8-9-5-6-13(11(7-9)16(19)20)21-12-4-2-1-3-10(12)15(17)18/h1-7H,8H2. The fourth-order valence-corrected chi connectivity index (χ4v) is 2.04. The predicted molar refractivity (Wildman–Crippen MR) is 78.9 cm³/mol. The zero-order valence-corrected chi connectivity index (χ0v) is 12.1. The Morgan fingerprint density at radius 2 is 1.57 bits per heavy atom. The van der Waals surface area contributed by atoms with Crippen LogP contribution in [0.5, 0.6) is 11.5 Å². The molecular formula is C13H9BrN2O5. The first-order valence-electron chi connectivity index (χ1n) is 5.77. The first kappa shape index (κ1) is 14.9. The fraction of sp³-hybridized carbons (Fsp3) is 0.0769. The molecule has 0 fully saturated rings. The summed E-state index contributed by atoms with van der Waals surface area (Å²) in [7, 11) is 0. The van der Waals surface area contributed by atoms with Crippen molar-refractivity contribution in [3.05, 3.63) is 68.3 Å². The Balaban J connectivity index is 2.45. The minimum Gasteiger partial charge on any atom is -0.443 e. The average Bonchev–Trinajstić information content (AvgIpc) is 2.47. The number of hydrogen-bond donors (Lipinski definition) is 0. The SMILES string of the molecule is O=[N+]([O-])c1ccccc1Oc1ccc(CBr)cc1[N+](=O)[O-]. The molecular weight excluding hydrogens is 344 g/mol. The summed E-state index contributed by atoms with van der Waals surface area (Å²) in [5.74, 6) is -0.0869. The summed E-state index contributed by atoms with van der Waals surface area (Å²) in [6, 6.07) is 10.1. The van der Waals surface area contributed by atoms with Crippen molar-refractivity contribution in [3.8, 4) is 11.5 Å². The van der Waals surface area contributed by atoms with Crippen molar-refractivity contribution in [2.45, 2.75) is 5.33 Å². The van der Waals surface area contributed by atoms with Gasteiger partial charge in [-0.05, 0) is 17.7 Å². The third kappa shape index (κ3) is 3.34. The monoisotopic (exact) mass is 352 g/mol. The van der Waals surface area contributed by atoms with Gasteiger partial charge in [0.25, 0.3) is 0 Å². The lowest BCUT2D eigenvalue weighted by atomic mass is 10.2. The number of nitro benzene ring substituents is 2. The molecule has 7 nitrogen and oxygen atoms in total. The predicted octanol–water partition coefficient (Wildman–Crippen LogP) is 4.19. The lowest BCUT2D eigenvalue weighted by Crippen LogP contribution is -1.97. The maximum absolute atomic E-state index is 11.1. The van der Waals surface area contributed by atoms with Crippen LogP contribution in [0.1, 0.15) is 5.56 Å². The minimum absolute atomic E-state index is 0.0426. The summed E-state index contributed by atoms with van der Waals surface area (Å²) in [4.78, 5) is 20.8. The number of halogens is 1. The molecule has 0 N–H and O–H groups in total. The van der Waals surface area contributed by atoms with E-state index in [1.54, 1.807) is 12.1 Å². The van der Waals surface area contributed by atoms with E-state index in [-0.39, 0.29) is 22.9 Å². The van der Waals surface area contributed by atoms with Crippen LogP contribution < -0.4 is 4.74 Å². The Labute approximate surface area is 127 Å². The van der Waals surface area contributed by atoms with Crippen molar-refractivity contribution in [2.75, 3.05) is 0 Å². The molecule has 0 saturated heterocycles. The molecule has 0 aliphatic carbocycles. The number of ether oxygens (including phenoxy) is 1. The summed E-state index contributed by atoms with van der Waals surface area (Å²) in [6.07, 6.45) is 0. The molecule has 0 amide bonds. The second-order valence-electron chi connectivity index (χ2n) is 4.02. The van der Waals surface area contributed by atoms with E-state index in [4.69, 9.17) is 4.74 Å². The molecule has 0 atom stereocenters. The smallest absolute Gasteiger partial charge is 0.311 e. The van der Waals surface area contributed by atoms with E-state index in [0.717, 1.165) is 0 Å². The lowest BCUT2D eigenvalue weighted by molar-refractivity contribution is -0.387. The Bertz CT molecular complexity index is 705. The van der Waals surface area contributed by atoms with Crippen LogP contribution >= 0.6 is 15.9 Å². The molecule has 108 valence electrons. The first-order chi connectivity index (χ1) is 10.0. The molecule has 21 heavy (non-hydrogen) atoms. The van der Waals surface area contributed by atoms with Gasteiger partial charge in [0.1, 0.15) is 0 Å². The summed E-state index contributed by atoms with van der Waals surface area (Å²) in [5.41, 5.74) is 0.207. The highest BCUT2D eigenvalue weighted by Gasteiger charge is 2.20. The van der Waals surface area contributed by atoms with Gasteiger partial charge in [-0.2, -0.15) is 0 Å². The largest absolute Gasteiger partial charge is 0.443 e. The van der Waals surface area contributed by atoms with E-state index in [1.807, 2.05) is 0 Å². The van der Waals surface area contributed by atoms with Gasteiger partial charge in [0.05, 0.1) is 9.85 Å². The minimum atomic E-state index is -0.603. The van der Waals surface area contributed by atoms with E-state index in [2.05, 4.69) is 15.9 Å². The summed E-state index contributed by atoms with van der Waals surface area (Å²) < 4.78 is 5.36. The topological polar surface area (TPSA) is 95.5 Å². The molecule has 8 heteroatoms. The number of para-hydroxylation sites is 2. The Kier molecular flexibility index (Phi) is 4.49. The maximum Gasteiger partial charge on any atom is 0.311 e. The molecule has 0 aliphatic rings. The Hall–Kier alpha value is -2.48. The number of rotatable bonds is 5. The van der Waals surface area contributed by atoms with Gasteiger partial charge in [-0.15, -0.1) is 0 Å². The number of benzene rings is 2. The normalized spacial score (nSPS) is 10.1. The summed E-state index contributed by atoms with van der Waals surface area (Å²) in [6.45, 7) is 0. The highest BCUT2D eigenvalue weighted by atomic mass is 79.9. The third-order valence-corrected chi connectivity index (χ3v) is 3.30. The molecule has 0 unspecified atom stereocenters. The van der Waals surface area contributed by atoms with Gasteiger partial charge in [-0.1, -0.05) is 34.1 Å². The van der Waals surface area contributed by atoms with Crippen LogP contribution in [0.4, 0.5) is 11.4 Å². The zero-order valence-electron chi connectivity index (χ0n) is 10.6. The van der Waals surface area contributed by atoms with Crippen LogP contribution in [0, 0.1) is 20.2 Å². The van der Waals surface area contributed by atoms with Crippen LogP contribution in [0.3, 0.4) is 0 Å². The molecule has 0 heterocycles. The third-order valence-electron chi connectivity index (χ3n) is 2.66. The lowest BCUT2D eigenvalue weighted by Gasteiger charge is -2.07. The molecule has 0 spiro atoms.